The zero-order chi connectivity index (χ0) is 16.5. The van der Waals surface area contributed by atoms with Gasteiger partial charge in [-0.05, 0) is 43.2 Å². The number of likely N-dealkylation sites (tertiary alicyclic amines) is 1. The van der Waals surface area contributed by atoms with Crippen molar-refractivity contribution >= 4 is 23.1 Å². The van der Waals surface area contributed by atoms with Crippen LogP contribution in [0.15, 0.2) is 36.5 Å². The first-order valence-electron chi connectivity index (χ1n) is 8.27. The fourth-order valence-corrected chi connectivity index (χ4v) is 3.22. The maximum Gasteiger partial charge on any atom is 0.255 e. The van der Waals surface area contributed by atoms with E-state index in [2.05, 4.69) is 9.88 Å². The van der Waals surface area contributed by atoms with E-state index in [-0.39, 0.29) is 5.91 Å². The van der Waals surface area contributed by atoms with Crippen molar-refractivity contribution in [2.24, 2.45) is 0 Å². The molecule has 0 atom stereocenters. The third kappa shape index (κ3) is 2.64. The highest BCUT2D eigenvalue weighted by Gasteiger charge is 2.25. The average Bonchev–Trinajstić information content (AvgIpc) is 3.15. The molecular weight excluding hydrogens is 304 g/mol. The molecule has 2 aliphatic heterocycles. The van der Waals surface area contributed by atoms with Gasteiger partial charge in [-0.2, -0.15) is 0 Å². The predicted molar refractivity (Wildman–Crippen MR) is 92.7 cm³/mol. The number of hydrogen-bond acceptors (Lipinski definition) is 5. The topological polar surface area (TPSA) is 71.7 Å². The lowest BCUT2D eigenvalue weighted by Crippen LogP contribution is -2.31. The number of ether oxygens (including phenoxy) is 1. The molecule has 0 spiro atoms. The minimum atomic E-state index is 0.0380. The summed E-state index contributed by atoms with van der Waals surface area (Å²) >= 11 is 0. The second-order valence-corrected chi connectivity index (χ2v) is 6.14. The number of fused-ring (bicyclic) bond motifs is 1. The Bertz CT molecular complexity index is 754. The molecule has 6 nitrogen and oxygen atoms in total. The van der Waals surface area contributed by atoms with Gasteiger partial charge < -0.3 is 20.3 Å². The lowest BCUT2D eigenvalue weighted by atomic mass is 10.2. The van der Waals surface area contributed by atoms with E-state index in [1.165, 1.54) is 0 Å². The summed E-state index contributed by atoms with van der Waals surface area (Å²) in [4.78, 5) is 21.0. The van der Waals surface area contributed by atoms with Crippen molar-refractivity contribution in [1.82, 2.24) is 9.88 Å². The molecule has 0 unspecified atom stereocenters. The molecule has 2 aromatic rings. The number of carbonyl (C=O) groups is 1. The predicted octanol–water partition coefficient (Wildman–Crippen LogP) is 2.43. The van der Waals surface area contributed by atoms with Gasteiger partial charge in [-0.15, -0.1) is 0 Å². The monoisotopic (exact) mass is 324 g/mol. The Morgan fingerprint density at radius 2 is 1.88 bits per heavy atom. The third-order valence-corrected chi connectivity index (χ3v) is 4.51. The van der Waals surface area contributed by atoms with Crippen LogP contribution in [0.1, 0.15) is 23.2 Å². The van der Waals surface area contributed by atoms with E-state index in [9.17, 15) is 4.79 Å². The van der Waals surface area contributed by atoms with E-state index in [0.717, 1.165) is 43.1 Å². The highest BCUT2D eigenvalue weighted by Crippen LogP contribution is 2.35. The molecular formula is C18H20N4O2. The van der Waals surface area contributed by atoms with Crippen LogP contribution in [0.2, 0.25) is 0 Å². The summed E-state index contributed by atoms with van der Waals surface area (Å²) in [5.74, 6) is 1.43. The van der Waals surface area contributed by atoms with E-state index in [4.69, 9.17) is 10.5 Å². The maximum absolute atomic E-state index is 12.5. The molecule has 3 heterocycles. The molecule has 6 heteroatoms. The van der Waals surface area contributed by atoms with E-state index in [1.54, 1.807) is 6.20 Å². The quantitative estimate of drug-likeness (QED) is 0.859. The Hall–Kier alpha value is -2.76. The van der Waals surface area contributed by atoms with Crippen molar-refractivity contribution in [3.8, 4) is 5.75 Å². The Balaban J connectivity index is 1.64. The summed E-state index contributed by atoms with van der Waals surface area (Å²) in [6.45, 7) is 2.92. The van der Waals surface area contributed by atoms with Gasteiger partial charge in [-0.3, -0.25) is 4.79 Å². The molecule has 1 fully saturated rings. The molecule has 2 aliphatic rings. The summed E-state index contributed by atoms with van der Waals surface area (Å²) in [5, 5.41) is 0. The number of nitrogen functional groups attached to an aromatic ring is 1. The van der Waals surface area contributed by atoms with Gasteiger partial charge in [-0.1, -0.05) is 0 Å². The number of amides is 1. The van der Waals surface area contributed by atoms with Gasteiger partial charge in [0.2, 0.25) is 0 Å². The number of hydrogen-bond donors (Lipinski definition) is 1. The Morgan fingerprint density at radius 3 is 2.62 bits per heavy atom. The third-order valence-electron chi connectivity index (χ3n) is 4.51. The summed E-state index contributed by atoms with van der Waals surface area (Å²) < 4.78 is 5.75. The van der Waals surface area contributed by atoms with Crippen LogP contribution in [-0.4, -0.2) is 42.0 Å². The van der Waals surface area contributed by atoms with Crippen LogP contribution >= 0.6 is 0 Å². The van der Waals surface area contributed by atoms with Gasteiger partial charge in [0.25, 0.3) is 5.91 Å². The number of nitrogens with zero attached hydrogens (tertiary/aromatic N) is 3. The van der Waals surface area contributed by atoms with Crippen LogP contribution in [0.3, 0.4) is 0 Å². The molecule has 0 radical (unpaired) electrons. The molecule has 1 aromatic heterocycles. The first-order chi connectivity index (χ1) is 11.7. The van der Waals surface area contributed by atoms with Crippen LogP contribution in [0.4, 0.5) is 17.2 Å². The fraction of sp³-hybridized carbons (Fsp3) is 0.333. The van der Waals surface area contributed by atoms with Crippen molar-refractivity contribution in [2.45, 2.75) is 12.8 Å². The van der Waals surface area contributed by atoms with Gasteiger partial charge in [-0.25, -0.2) is 4.98 Å². The van der Waals surface area contributed by atoms with Crippen molar-refractivity contribution in [3.63, 3.8) is 0 Å². The first kappa shape index (κ1) is 14.8. The van der Waals surface area contributed by atoms with E-state index in [1.807, 2.05) is 35.2 Å². The zero-order valence-electron chi connectivity index (χ0n) is 13.4. The van der Waals surface area contributed by atoms with Crippen LogP contribution in [-0.2, 0) is 0 Å². The first-order valence-corrected chi connectivity index (χ1v) is 8.27. The van der Waals surface area contributed by atoms with Gasteiger partial charge in [0, 0.05) is 30.7 Å². The average molecular weight is 324 g/mol. The lowest BCUT2D eigenvalue weighted by Gasteiger charge is -2.30. The smallest absolute Gasteiger partial charge is 0.255 e. The standard InChI is InChI=1S/C18H20N4O2/c19-14-3-5-15(6-4-14)22-9-10-24-16-11-13(12-20-17(16)22)18(23)21-7-1-2-8-21/h3-6,11-12H,1-2,7-10,19H2. The molecule has 0 saturated carbocycles. The largest absolute Gasteiger partial charge is 0.488 e. The van der Waals surface area contributed by atoms with Crippen molar-refractivity contribution in [3.05, 3.63) is 42.1 Å². The maximum atomic E-state index is 12.5. The van der Waals surface area contributed by atoms with Crippen LogP contribution in [0.5, 0.6) is 5.75 Å². The molecule has 2 N–H and O–H groups in total. The lowest BCUT2D eigenvalue weighted by molar-refractivity contribution is 0.0792. The van der Waals surface area contributed by atoms with Gasteiger partial charge in [0.15, 0.2) is 11.6 Å². The number of benzene rings is 1. The second-order valence-electron chi connectivity index (χ2n) is 6.14. The minimum Gasteiger partial charge on any atom is -0.488 e. The number of aromatic nitrogens is 1. The Kier molecular flexibility index (Phi) is 3.72. The number of pyridine rings is 1. The number of anilines is 3. The van der Waals surface area contributed by atoms with Gasteiger partial charge in [0.05, 0.1) is 12.1 Å². The molecule has 124 valence electrons. The Morgan fingerprint density at radius 1 is 1.12 bits per heavy atom. The van der Waals surface area contributed by atoms with E-state index in [0.29, 0.717) is 24.5 Å². The summed E-state index contributed by atoms with van der Waals surface area (Å²) in [6.07, 6.45) is 3.80. The van der Waals surface area contributed by atoms with Crippen LogP contribution in [0, 0.1) is 0 Å². The normalized spacial score (nSPS) is 16.7. The van der Waals surface area contributed by atoms with Crippen molar-refractivity contribution < 1.29 is 9.53 Å². The minimum absolute atomic E-state index is 0.0380. The number of carbonyl (C=O) groups excluding carboxylic acids is 1. The summed E-state index contributed by atoms with van der Waals surface area (Å²) in [5.41, 5.74) is 8.10. The molecule has 1 saturated heterocycles. The highest BCUT2D eigenvalue weighted by atomic mass is 16.5. The van der Waals surface area contributed by atoms with E-state index < -0.39 is 0 Å². The SMILES string of the molecule is Nc1ccc(N2CCOc3cc(C(=O)N4CCCC4)cnc32)cc1. The molecule has 1 aromatic carbocycles. The van der Waals surface area contributed by atoms with Crippen LogP contribution in [0.25, 0.3) is 0 Å². The van der Waals surface area contributed by atoms with Crippen molar-refractivity contribution in [2.75, 3.05) is 36.9 Å². The molecule has 4 rings (SSSR count). The summed E-state index contributed by atoms with van der Waals surface area (Å²) in [6, 6.07) is 9.49. The highest BCUT2D eigenvalue weighted by molar-refractivity contribution is 5.95. The molecule has 24 heavy (non-hydrogen) atoms. The fourth-order valence-electron chi connectivity index (χ4n) is 3.22. The molecule has 1 amide bonds. The molecule has 0 bridgehead atoms. The van der Waals surface area contributed by atoms with Gasteiger partial charge in [0.1, 0.15) is 6.61 Å². The van der Waals surface area contributed by atoms with Crippen LogP contribution < -0.4 is 15.4 Å². The summed E-state index contributed by atoms with van der Waals surface area (Å²) in [7, 11) is 0. The zero-order valence-corrected chi connectivity index (χ0v) is 13.4. The number of nitrogens with two attached hydrogens (primary N) is 1. The van der Waals surface area contributed by atoms with E-state index >= 15 is 0 Å². The molecule has 0 aliphatic carbocycles. The second kappa shape index (κ2) is 6.03. The number of rotatable bonds is 2. The van der Waals surface area contributed by atoms with Crippen molar-refractivity contribution in [1.29, 1.82) is 0 Å². The van der Waals surface area contributed by atoms with Gasteiger partial charge >= 0.3 is 0 Å². The Labute approximate surface area is 140 Å².